The van der Waals surface area contributed by atoms with Crippen molar-refractivity contribution in [1.82, 2.24) is 15.0 Å². The van der Waals surface area contributed by atoms with Gasteiger partial charge in [-0.15, -0.1) is 5.10 Å². The fraction of sp³-hybridized carbons (Fsp3) is 0.625. The molecule has 0 aliphatic heterocycles. The van der Waals surface area contributed by atoms with Crippen LogP contribution in [0, 0.1) is 0 Å². The van der Waals surface area contributed by atoms with E-state index in [0.717, 1.165) is 25.7 Å². The summed E-state index contributed by atoms with van der Waals surface area (Å²) >= 11 is 0. The SMILES string of the molecule is CC(C)=CCC/C(C)=C/CCCn1cc(CC(P(=O)([O-])[O-])P(=O)([O-])[O-])nn1. The number of aryl methyl sites for hydroxylation is 1. The second-order valence-corrected chi connectivity index (χ2v) is 10.6. The molecule has 1 rings (SSSR count). The molecule has 11 heteroatoms. The van der Waals surface area contributed by atoms with Gasteiger partial charge in [0.2, 0.25) is 0 Å². The zero-order valence-electron chi connectivity index (χ0n) is 15.7. The summed E-state index contributed by atoms with van der Waals surface area (Å²) in [6, 6.07) is 0. The largest absolute Gasteiger partial charge is 0.810 e. The predicted molar refractivity (Wildman–Crippen MR) is 94.4 cm³/mol. The number of hydrogen-bond acceptors (Lipinski definition) is 8. The van der Waals surface area contributed by atoms with Crippen LogP contribution in [0.2, 0.25) is 0 Å². The van der Waals surface area contributed by atoms with Crippen LogP contribution in [-0.2, 0) is 22.1 Å². The highest BCUT2D eigenvalue weighted by Crippen LogP contribution is 2.51. The summed E-state index contributed by atoms with van der Waals surface area (Å²) < 4.78 is 23.5. The van der Waals surface area contributed by atoms with Gasteiger partial charge in [-0.1, -0.05) is 43.7 Å². The van der Waals surface area contributed by atoms with E-state index in [1.54, 1.807) is 0 Å². The molecule has 27 heavy (non-hydrogen) atoms. The third-order valence-electron chi connectivity index (χ3n) is 3.88. The van der Waals surface area contributed by atoms with E-state index in [2.05, 4.69) is 43.2 Å². The molecule has 9 nitrogen and oxygen atoms in total. The molecule has 0 bridgehead atoms. The standard InChI is InChI=1S/C16H29N3O6P2/c1-13(2)7-6-9-14(3)8-4-5-10-19-12-15(17-18-19)11-16(26(20,21)22)27(23,24)25/h7-8,12,16H,4-6,9-11H2,1-3H3,(H2,20,21,22)(H2,23,24,25)/p-4/b14-8+. The molecule has 0 radical (unpaired) electrons. The maximum absolute atomic E-state index is 11.0. The Kier molecular flexibility index (Phi) is 9.28. The lowest BCUT2D eigenvalue weighted by atomic mass is 10.1. The van der Waals surface area contributed by atoms with Crippen LogP contribution in [0.25, 0.3) is 0 Å². The number of aromatic nitrogens is 3. The molecule has 0 fully saturated rings. The van der Waals surface area contributed by atoms with Crippen molar-refractivity contribution in [3.63, 3.8) is 0 Å². The number of hydrogen-bond donors (Lipinski definition) is 0. The van der Waals surface area contributed by atoms with Crippen molar-refractivity contribution in [3.8, 4) is 0 Å². The van der Waals surface area contributed by atoms with E-state index in [-0.39, 0.29) is 5.69 Å². The first kappa shape index (κ1) is 24.0. The Labute approximate surface area is 159 Å². The van der Waals surface area contributed by atoms with E-state index in [1.165, 1.54) is 22.0 Å². The first-order valence-corrected chi connectivity index (χ1v) is 11.8. The van der Waals surface area contributed by atoms with Gasteiger partial charge in [0.1, 0.15) is 0 Å². The summed E-state index contributed by atoms with van der Waals surface area (Å²) in [6.45, 7) is 6.69. The highest BCUT2D eigenvalue weighted by Gasteiger charge is 2.19. The monoisotopic (exact) mass is 417 g/mol. The molecular formula is C16H25N3O6P2-4. The average molecular weight is 417 g/mol. The topological polar surface area (TPSA) is 157 Å². The minimum absolute atomic E-state index is 0.0210. The van der Waals surface area contributed by atoms with Gasteiger partial charge in [-0.05, 0) is 46.5 Å². The summed E-state index contributed by atoms with van der Waals surface area (Å²) in [6.07, 6.45) is 8.48. The summed E-state index contributed by atoms with van der Waals surface area (Å²) in [5, 5.41) is 4.88. The van der Waals surface area contributed by atoms with Crippen LogP contribution in [0.3, 0.4) is 0 Å². The van der Waals surface area contributed by atoms with Gasteiger partial charge in [0.25, 0.3) is 0 Å². The summed E-state index contributed by atoms with van der Waals surface area (Å²) in [5.74, 6) is 0. The van der Waals surface area contributed by atoms with Crippen molar-refractivity contribution in [3.05, 3.63) is 35.2 Å². The molecule has 0 unspecified atom stereocenters. The first-order chi connectivity index (χ1) is 12.4. The highest BCUT2D eigenvalue weighted by atomic mass is 31.2. The third kappa shape index (κ3) is 9.60. The molecule has 0 aliphatic carbocycles. The van der Waals surface area contributed by atoms with Crippen molar-refractivity contribution < 1.29 is 28.7 Å². The number of unbranched alkanes of at least 4 members (excludes halogenated alkanes) is 1. The van der Waals surface area contributed by atoms with Gasteiger partial charge in [0, 0.05) is 24.6 Å². The lowest BCUT2D eigenvalue weighted by Gasteiger charge is -2.48. The van der Waals surface area contributed by atoms with Crippen LogP contribution in [0.4, 0.5) is 0 Å². The van der Waals surface area contributed by atoms with E-state index >= 15 is 0 Å². The lowest BCUT2D eigenvalue weighted by Crippen LogP contribution is -2.35. The van der Waals surface area contributed by atoms with Gasteiger partial charge in [-0.25, -0.2) is 0 Å². The Morgan fingerprint density at radius 2 is 1.74 bits per heavy atom. The van der Waals surface area contributed by atoms with Crippen LogP contribution in [0.15, 0.2) is 29.5 Å². The lowest BCUT2D eigenvalue weighted by molar-refractivity contribution is -0.329. The summed E-state index contributed by atoms with van der Waals surface area (Å²) in [7, 11) is -11.2. The Hall–Kier alpha value is -1.08. The van der Waals surface area contributed by atoms with Crippen molar-refractivity contribution >= 4 is 15.2 Å². The van der Waals surface area contributed by atoms with E-state index in [4.69, 9.17) is 0 Å². The molecule has 0 amide bonds. The van der Waals surface area contributed by atoms with Crippen LogP contribution < -0.4 is 19.6 Å². The normalized spacial score (nSPS) is 13.3. The Balaban J connectivity index is 2.52. The van der Waals surface area contributed by atoms with Gasteiger partial charge in [0.05, 0.1) is 5.69 Å². The summed E-state index contributed by atoms with van der Waals surface area (Å²) in [4.78, 5) is 44.0. The van der Waals surface area contributed by atoms with Crippen molar-refractivity contribution in [2.75, 3.05) is 0 Å². The van der Waals surface area contributed by atoms with Crippen LogP contribution >= 0.6 is 15.2 Å². The molecule has 0 spiro atoms. The molecule has 1 aromatic heterocycles. The maximum atomic E-state index is 11.0. The molecule has 0 saturated heterocycles. The van der Waals surface area contributed by atoms with E-state index in [1.807, 2.05) is 0 Å². The minimum Gasteiger partial charge on any atom is -0.810 e. The molecule has 0 aliphatic rings. The second-order valence-electron chi connectivity index (χ2n) is 6.75. The molecule has 0 aromatic carbocycles. The van der Waals surface area contributed by atoms with Gasteiger partial charge in [-0.2, -0.15) is 0 Å². The number of nitrogens with zero attached hydrogens (tertiary/aromatic N) is 3. The van der Waals surface area contributed by atoms with Crippen molar-refractivity contribution in [1.29, 1.82) is 0 Å². The minimum atomic E-state index is -5.58. The Morgan fingerprint density at radius 1 is 1.11 bits per heavy atom. The zero-order valence-corrected chi connectivity index (χ0v) is 17.5. The molecule has 154 valence electrons. The number of allylic oxidation sites excluding steroid dienone is 4. The van der Waals surface area contributed by atoms with Gasteiger partial charge in [-0.3, -0.25) is 4.68 Å². The quantitative estimate of drug-likeness (QED) is 0.285. The summed E-state index contributed by atoms with van der Waals surface area (Å²) in [5.41, 5.74) is 2.56. The van der Waals surface area contributed by atoms with Crippen molar-refractivity contribution in [2.24, 2.45) is 0 Å². The molecule has 0 atom stereocenters. The zero-order chi connectivity index (χ0) is 20.7. The second kappa shape index (κ2) is 10.5. The first-order valence-electron chi connectivity index (χ1n) is 8.61. The molecule has 0 N–H and O–H groups in total. The van der Waals surface area contributed by atoms with E-state index < -0.39 is 27.0 Å². The van der Waals surface area contributed by atoms with Gasteiger partial charge < -0.3 is 28.7 Å². The van der Waals surface area contributed by atoms with Crippen LogP contribution in [0.1, 0.15) is 52.1 Å². The maximum Gasteiger partial charge on any atom is 0.0837 e. The molecular weight excluding hydrogens is 392 g/mol. The Bertz CT molecular complexity index is 736. The van der Waals surface area contributed by atoms with Gasteiger partial charge >= 0.3 is 0 Å². The highest BCUT2D eigenvalue weighted by molar-refractivity contribution is 7.68. The van der Waals surface area contributed by atoms with Crippen LogP contribution in [-0.4, -0.2) is 20.4 Å². The Morgan fingerprint density at radius 3 is 2.30 bits per heavy atom. The fourth-order valence-electron chi connectivity index (χ4n) is 2.42. The van der Waals surface area contributed by atoms with Crippen molar-refractivity contribution in [2.45, 2.75) is 64.8 Å². The third-order valence-corrected chi connectivity index (χ3v) is 7.41. The fourth-order valence-corrected chi connectivity index (χ4v) is 4.62. The van der Waals surface area contributed by atoms with Gasteiger partial charge in [0.15, 0.2) is 0 Å². The molecule has 1 aromatic rings. The number of rotatable bonds is 11. The average Bonchev–Trinajstić information content (AvgIpc) is 2.94. The predicted octanol–water partition coefficient (Wildman–Crippen LogP) is 0.447. The smallest absolute Gasteiger partial charge is 0.0837 e. The van der Waals surface area contributed by atoms with E-state index in [9.17, 15) is 28.7 Å². The molecule has 0 saturated carbocycles. The van der Waals surface area contributed by atoms with E-state index in [0.29, 0.717) is 6.54 Å². The molecule has 1 heterocycles. The van der Waals surface area contributed by atoms with Crippen LogP contribution in [0.5, 0.6) is 0 Å².